The first-order chi connectivity index (χ1) is 15.5. The van der Waals surface area contributed by atoms with Gasteiger partial charge in [0.2, 0.25) is 0 Å². The van der Waals surface area contributed by atoms with Crippen LogP contribution >= 0.6 is 0 Å². The summed E-state index contributed by atoms with van der Waals surface area (Å²) >= 11 is 0. The highest BCUT2D eigenvalue weighted by Crippen LogP contribution is 2.31. The van der Waals surface area contributed by atoms with E-state index < -0.39 is 5.92 Å². The lowest BCUT2D eigenvalue weighted by atomic mass is 10.1. The maximum atomic E-state index is 13.5. The molecule has 0 spiro atoms. The molecule has 0 aromatic carbocycles. The maximum Gasteiger partial charge on any atom is 0.261 e. The number of fused-ring (bicyclic) bond motifs is 2. The van der Waals surface area contributed by atoms with Gasteiger partial charge in [0.1, 0.15) is 0 Å². The minimum Gasteiger partial charge on any atom is -0.352 e. The average Bonchev–Trinajstić information content (AvgIpc) is 3.49. The highest BCUT2D eigenvalue weighted by Gasteiger charge is 2.37. The van der Waals surface area contributed by atoms with Crippen molar-refractivity contribution in [2.45, 2.75) is 18.9 Å². The van der Waals surface area contributed by atoms with Gasteiger partial charge in [-0.1, -0.05) is 0 Å². The van der Waals surface area contributed by atoms with Gasteiger partial charge >= 0.3 is 0 Å². The lowest BCUT2D eigenvalue weighted by Gasteiger charge is -2.15. The van der Waals surface area contributed by atoms with Gasteiger partial charge in [-0.15, -0.1) is 0 Å². The minimum absolute atomic E-state index is 0.0900. The summed E-state index contributed by atoms with van der Waals surface area (Å²) in [6, 6.07) is 9.84. The minimum atomic E-state index is -2.60. The van der Waals surface area contributed by atoms with Crippen LogP contribution in [0.5, 0.6) is 0 Å². The van der Waals surface area contributed by atoms with Crippen LogP contribution in [0.25, 0.3) is 44.6 Å². The Kier molecular flexibility index (Phi) is 4.25. The first-order valence-electron chi connectivity index (χ1n) is 10.4. The number of halogens is 2. The summed E-state index contributed by atoms with van der Waals surface area (Å²) in [5, 5.41) is 8.28. The van der Waals surface area contributed by atoms with Gasteiger partial charge in [-0.05, 0) is 35.9 Å². The van der Waals surface area contributed by atoms with Crippen molar-refractivity contribution >= 4 is 22.1 Å². The molecule has 7 nitrogen and oxygen atoms in total. The molecule has 0 atom stereocenters. The maximum absolute atomic E-state index is 13.5. The van der Waals surface area contributed by atoms with Crippen molar-refractivity contribution in [2.75, 3.05) is 13.1 Å². The fraction of sp³-hybridized carbons (Fsp3) is 0.217. The fourth-order valence-corrected chi connectivity index (χ4v) is 4.29. The van der Waals surface area contributed by atoms with Crippen LogP contribution in [-0.2, 0) is 6.54 Å². The van der Waals surface area contributed by atoms with Gasteiger partial charge in [-0.25, -0.2) is 13.8 Å². The van der Waals surface area contributed by atoms with Gasteiger partial charge in [0.15, 0.2) is 5.65 Å². The molecule has 32 heavy (non-hydrogen) atoms. The summed E-state index contributed by atoms with van der Waals surface area (Å²) in [4.78, 5) is 18.3. The average molecular weight is 431 g/mol. The van der Waals surface area contributed by atoms with E-state index >= 15 is 0 Å². The van der Waals surface area contributed by atoms with Crippen LogP contribution in [-0.4, -0.2) is 54.0 Å². The highest BCUT2D eigenvalue weighted by atomic mass is 19.3. The second-order valence-electron chi connectivity index (χ2n) is 8.21. The Morgan fingerprint density at radius 3 is 2.81 bits per heavy atom. The number of pyridine rings is 3. The van der Waals surface area contributed by atoms with E-state index in [4.69, 9.17) is 0 Å². The Labute approximate surface area is 181 Å². The van der Waals surface area contributed by atoms with Crippen molar-refractivity contribution in [2.24, 2.45) is 0 Å². The summed E-state index contributed by atoms with van der Waals surface area (Å²) in [5.74, 6) is -2.60. The van der Waals surface area contributed by atoms with E-state index in [1.165, 1.54) is 0 Å². The third kappa shape index (κ3) is 3.40. The monoisotopic (exact) mass is 431 g/mol. The molecule has 0 amide bonds. The molecule has 6 heterocycles. The molecular weight excluding hydrogens is 412 g/mol. The van der Waals surface area contributed by atoms with Crippen LogP contribution in [0.1, 0.15) is 12.0 Å². The largest absolute Gasteiger partial charge is 0.352 e. The molecule has 0 saturated carbocycles. The Hall–Kier alpha value is -3.72. The Balaban J connectivity index is 1.34. The number of rotatable bonds is 4. The van der Waals surface area contributed by atoms with Crippen molar-refractivity contribution in [3.05, 3.63) is 60.7 Å². The zero-order chi connectivity index (χ0) is 21.7. The molecule has 1 aliphatic rings. The number of aromatic amines is 2. The number of nitrogens with one attached hydrogen (secondary N) is 2. The summed E-state index contributed by atoms with van der Waals surface area (Å²) in [6.45, 7) is 0.635. The van der Waals surface area contributed by atoms with Crippen molar-refractivity contribution in [3.8, 4) is 22.5 Å². The van der Waals surface area contributed by atoms with Crippen LogP contribution in [0.3, 0.4) is 0 Å². The molecule has 0 aliphatic carbocycles. The number of likely N-dealkylation sites (tertiary alicyclic amines) is 1. The van der Waals surface area contributed by atoms with E-state index in [0.29, 0.717) is 18.7 Å². The highest BCUT2D eigenvalue weighted by molar-refractivity contribution is 5.95. The number of alkyl halides is 2. The summed E-state index contributed by atoms with van der Waals surface area (Å²) in [7, 11) is 0. The van der Waals surface area contributed by atoms with Gasteiger partial charge in [0, 0.05) is 60.8 Å². The molecule has 1 fully saturated rings. The molecular formula is C23H19F2N7. The van der Waals surface area contributed by atoms with Crippen molar-refractivity contribution in [3.63, 3.8) is 0 Å². The fourth-order valence-electron chi connectivity index (χ4n) is 4.29. The molecule has 5 aromatic rings. The topological polar surface area (TPSA) is 86.4 Å². The van der Waals surface area contributed by atoms with Crippen LogP contribution in [0.2, 0.25) is 0 Å². The predicted octanol–water partition coefficient (Wildman–Crippen LogP) is 4.40. The van der Waals surface area contributed by atoms with Gasteiger partial charge in [0.25, 0.3) is 5.92 Å². The molecule has 1 aliphatic heterocycles. The Morgan fingerprint density at radius 2 is 1.97 bits per heavy atom. The molecule has 9 heteroatoms. The zero-order valence-corrected chi connectivity index (χ0v) is 17.0. The standard InChI is InChI=1S/C23H19F2N7/c24-23(25)3-5-32(13-23)12-14-6-15(10-26-9-14)16-7-17-21(30-31-22(17)28-11-16)20-8-19-18(29-20)2-1-4-27-19/h1-2,4,6-11,29H,3,5,12-13H2,(H,28,30,31). The number of hydrogen-bond donors (Lipinski definition) is 2. The van der Waals surface area contributed by atoms with Crippen molar-refractivity contribution in [1.82, 2.24) is 35.0 Å². The van der Waals surface area contributed by atoms with E-state index in [0.717, 1.165) is 44.5 Å². The molecule has 0 bridgehead atoms. The van der Waals surface area contributed by atoms with E-state index in [9.17, 15) is 8.78 Å². The molecule has 0 unspecified atom stereocenters. The zero-order valence-electron chi connectivity index (χ0n) is 17.0. The Morgan fingerprint density at radius 1 is 1.06 bits per heavy atom. The summed E-state index contributed by atoms with van der Waals surface area (Å²) < 4.78 is 27.0. The quantitative estimate of drug-likeness (QED) is 0.440. The molecule has 2 N–H and O–H groups in total. The van der Waals surface area contributed by atoms with Crippen LogP contribution < -0.4 is 0 Å². The summed E-state index contributed by atoms with van der Waals surface area (Å²) in [6.07, 6.45) is 6.91. The lowest BCUT2D eigenvalue weighted by molar-refractivity contribution is 0.0115. The Bertz CT molecular complexity index is 1410. The molecule has 0 radical (unpaired) electrons. The van der Waals surface area contributed by atoms with Crippen LogP contribution in [0.4, 0.5) is 8.78 Å². The smallest absolute Gasteiger partial charge is 0.261 e. The van der Waals surface area contributed by atoms with E-state index in [1.807, 2.05) is 30.3 Å². The first-order valence-corrected chi connectivity index (χ1v) is 10.4. The van der Waals surface area contributed by atoms with Crippen molar-refractivity contribution < 1.29 is 8.78 Å². The summed E-state index contributed by atoms with van der Waals surface area (Å²) in [5.41, 5.74) is 6.80. The first kappa shape index (κ1) is 19.0. The normalized spacial score (nSPS) is 16.3. The van der Waals surface area contributed by atoms with E-state index in [1.54, 1.807) is 29.7 Å². The van der Waals surface area contributed by atoms with Gasteiger partial charge in [0.05, 0.1) is 29.0 Å². The number of aromatic nitrogens is 6. The SMILES string of the molecule is FC1(F)CCN(Cc2cncc(-c3cnc4n[nH]c(-c5cc6ncccc6[nH]5)c4c3)c2)C1. The predicted molar refractivity (Wildman–Crippen MR) is 117 cm³/mol. The third-order valence-corrected chi connectivity index (χ3v) is 5.85. The van der Waals surface area contributed by atoms with Gasteiger partial charge in [-0.2, -0.15) is 5.10 Å². The second-order valence-corrected chi connectivity index (χ2v) is 8.21. The van der Waals surface area contributed by atoms with Crippen molar-refractivity contribution in [1.29, 1.82) is 0 Å². The molecule has 160 valence electrons. The van der Waals surface area contributed by atoms with Gasteiger partial charge in [-0.3, -0.25) is 20.0 Å². The molecule has 5 aromatic heterocycles. The van der Waals surface area contributed by atoms with E-state index in [2.05, 4.69) is 30.1 Å². The number of H-pyrrole nitrogens is 2. The molecule has 6 rings (SSSR count). The van der Waals surface area contributed by atoms with Crippen LogP contribution in [0.15, 0.2) is 55.1 Å². The number of hydrogen-bond acceptors (Lipinski definition) is 5. The second kappa shape index (κ2) is 7.16. The van der Waals surface area contributed by atoms with E-state index in [-0.39, 0.29) is 13.0 Å². The molecule has 1 saturated heterocycles. The third-order valence-electron chi connectivity index (χ3n) is 5.85. The van der Waals surface area contributed by atoms with Crippen LogP contribution in [0, 0.1) is 0 Å². The van der Waals surface area contributed by atoms with Gasteiger partial charge < -0.3 is 4.98 Å². The number of nitrogens with zero attached hydrogens (tertiary/aromatic N) is 5. The lowest BCUT2D eigenvalue weighted by Crippen LogP contribution is -2.24.